The van der Waals surface area contributed by atoms with Crippen LogP contribution in [0.2, 0.25) is 0 Å². The average molecular weight is 222 g/mol. The maximum atomic E-state index is 10.5. The molecule has 1 aromatic rings. The van der Waals surface area contributed by atoms with Crippen molar-refractivity contribution in [1.82, 2.24) is 9.78 Å². The van der Waals surface area contributed by atoms with Crippen LogP contribution in [0.4, 0.5) is 10.5 Å². The van der Waals surface area contributed by atoms with E-state index in [1.165, 1.54) is 19.3 Å². The number of rotatable bonds is 3. The lowest BCUT2D eigenvalue weighted by atomic mass is 9.85. The fraction of sp³-hybridized carbons (Fsp3) is 0.636. The van der Waals surface area contributed by atoms with Crippen LogP contribution in [0.3, 0.4) is 0 Å². The Bertz CT molecular complexity index is 408. The van der Waals surface area contributed by atoms with Crippen molar-refractivity contribution in [2.75, 3.05) is 5.32 Å². The zero-order valence-electron chi connectivity index (χ0n) is 9.62. The predicted molar refractivity (Wildman–Crippen MR) is 58.1 cm³/mol. The summed E-state index contributed by atoms with van der Waals surface area (Å²) in [6, 6.07) is 0. The Kier molecular flexibility index (Phi) is 2.85. The van der Waals surface area contributed by atoms with Gasteiger partial charge >= 0.3 is 0 Å². The molecule has 0 unspecified atom stereocenters. The van der Waals surface area contributed by atoms with Crippen LogP contribution in [0.5, 0.6) is 0 Å². The average Bonchev–Trinajstić information content (AvgIpc) is 2.39. The summed E-state index contributed by atoms with van der Waals surface area (Å²) < 4.78 is 1.89. The topological polar surface area (TPSA) is 70.0 Å². The summed E-state index contributed by atoms with van der Waals surface area (Å²) in [7, 11) is 0. The van der Waals surface area contributed by atoms with Crippen LogP contribution in [0.15, 0.2) is 0 Å². The van der Waals surface area contributed by atoms with Gasteiger partial charge in [-0.15, -0.1) is 0 Å². The molecule has 0 bridgehead atoms. The highest BCUT2D eigenvalue weighted by Gasteiger charge is 2.20. The van der Waals surface area contributed by atoms with Gasteiger partial charge in [-0.25, -0.2) is 0 Å². The molecule has 0 aliphatic heterocycles. The fourth-order valence-corrected chi connectivity index (χ4v) is 2.08. The summed E-state index contributed by atoms with van der Waals surface area (Å²) in [4.78, 5) is 10.5. The van der Waals surface area contributed by atoms with Crippen LogP contribution < -0.4 is 10.4 Å². The molecule has 0 aromatic carbocycles. The molecular weight excluding hydrogens is 206 g/mol. The number of carboxylic acid groups (broad SMARTS) is 1. The van der Waals surface area contributed by atoms with Gasteiger partial charge in [-0.3, -0.25) is 4.68 Å². The molecule has 1 saturated carbocycles. The molecule has 16 heavy (non-hydrogen) atoms. The minimum atomic E-state index is -1.28. The second-order valence-corrected chi connectivity index (χ2v) is 4.44. The first kappa shape index (κ1) is 11.0. The van der Waals surface area contributed by atoms with E-state index in [0.29, 0.717) is 17.3 Å². The molecule has 1 heterocycles. The van der Waals surface area contributed by atoms with E-state index in [1.807, 2.05) is 11.6 Å². The number of aromatic nitrogens is 2. The van der Waals surface area contributed by atoms with Crippen LogP contribution in [0.25, 0.3) is 0 Å². The largest absolute Gasteiger partial charge is 0.530 e. The zero-order chi connectivity index (χ0) is 11.7. The van der Waals surface area contributed by atoms with E-state index in [9.17, 15) is 9.90 Å². The molecule has 0 spiro atoms. The van der Waals surface area contributed by atoms with Crippen LogP contribution in [-0.2, 0) is 6.54 Å². The molecule has 1 aliphatic rings. The first-order valence-corrected chi connectivity index (χ1v) is 5.60. The molecule has 1 aromatic heterocycles. The number of anilines is 1. The van der Waals surface area contributed by atoms with Crippen molar-refractivity contribution in [3.05, 3.63) is 11.4 Å². The van der Waals surface area contributed by atoms with Gasteiger partial charge in [0.15, 0.2) is 0 Å². The Balaban J connectivity index is 2.16. The summed E-state index contributed by atoms with van der Waals surface area (Å²) in [5.74, 6) is 0.703. The second kappa shape index (κ2) is 4.15. The summed E-state index contributed by atoms with van der Waals surface area (Å²) in [6.07, 6.45) is 2.52. The molecule has 88 valence electrons. The standard InChI is InChI=1S/C11H17N3O2/c1-7-10(12-11(15)16)8(2)14(13-7)6-9-4-3-5-9/h9,12H,3-6H2,1-2H3,(H,15,16)/p-1. The molecule has 5 heteroatoms. The van der Waals surface area contributed by atoms with Gasteiger partial charge in [0, 0.05) is 6.54 Å². The number of amides is 1. The number of hydrogen-bond donors (Lipinski definition) is 1. The van der Waals surface area contributed by atoms with Gasteiger partial charge in [-0.05, 0) is 32.6 Å². The van der Waals surface area contributed by atoms with E-state index in [2.05, 4.69) is 10.4 Å². The Hall–Kier alpha value is -1.52. The molecule has 1 amide bonds. The van der Waals surface area contributed by atoms with Crippen LogP contribution >= 0.6 is 0 Å². The molecule has 1 N–H and O–H groups in total. The Labute approximate surface area is 94.5 Å². The van der Waals surface area contributed by atoms with Gasteiger partial charge in [-0.2, -0.15) is 5.10 Å². The molecule has 2 rings (SSSR count). The molecule has 0 radical (unpaired) electrons. The van der Waals surface area contributed by atoms with Crippen LogP contribution in [-0.4, -0.2) is 15.9 Å². The maximum Gasteiger partial charge on any atom is 0.138 e. The second-order valence-electron chi connectivity index (χ2n) is 4.44. The number of aryl methyl sites for hydroxylation is 1. The molecule has 0 saturated heterocycles. The zero-order valence-corrected chi connectivity index (χ0v) is 9.62. The third-order valence-corrected chi connectivity index (χ3v) is 3.26. The number of hydrogen-bond acceptors (Lipinski definition) is 3. The smallest absolute Gasteiger partial charge is 0.138 e. The van der Waals surface area contributed by atoms with E-state index in [0.717, 1.165) is 12.2 Å². The summed E-state index contributed by atoms with van der Waals surface area (Å²) >= 11 is 0. The molecular formula is C11H16N3O2-. The van der Waals surface area contributed by atoms with E-state index in [-0.39, 0.29) is 0 Å². The highest BCUT2D eigenvalue weighted by atomic mass is 16.4. The normalized spacial score (nSPS) is 15.9. The highest BCUT2D eigenvalue weighted by molar-refractivity contribution is 5.82. The van der Waals surface area contributed by atoms with E-state index in [4.69, 9.17) is 0 Å². The quantitative estimate of drug-likeness (QED) is 0.831. The van der Waals surface area contributed by atoms with E-state index in [1.54, 1.807) is 6.92 Å². The molecule has 5 nitrogen and oxygen atoms in total. The van der Waals surface area contributed by atoms with Crippen molar-refractivity contribution in [3.63, 3.8) is 0 Å². The Morgan fingerprint density at radius 1 is 1.56 bits per heavy atom. The van der Waals surface area contributed by atoms with Crippen LogP contribution in [0.1, 0.15) is 30.7 Å². The van der Waals surface area contributed by atoms with Gasteiger partial charge in [0.05, 0.1) is 17.1 Å². The molecule has 1 aliphatic carbocycles. The van der Waals surface area contributed by atoms with E-state index < -0.39 is 6.09 Å². The van der Waals surface area contributed by atoms with Crippen molar-refractivity contribution >= 4 is 11.8 Å². The lowest BCUT2D eigenvalue weighted by Gasteiger charge is -2.25. The third kappa shape index (κ3) is 2.03. The van der Waals surface area contributed by atoms with Gasteiger partial charge in [0.25, 0.3) is 0 Å². The lowest BCUT2D eigenvalue weighted by molar-refractivity contribution is -0.242. The van der Waals surface area contributed by atoms with Crippen molar-refractivity contribution in [1.29, 1.82) is 0 Å². The summed E-state index contributed by atoms with van der Waals surface area (Å²) in [6.45, 7) is 4.57. The first-order valence-electron chi connectivity index (χ1n) is 5.60. The highest BCUT2D eigenvalue weighted by Crippen LogP contribution is 2.29. The summed E-state index contributed by atoms with van der Waals surface area (Å²) in [5, 5.41) is 17.2. The van der Waals surface area contributed by atoms with Gasteiger partial charge in [0.2, 0.25) is 0 Å². The molecule has 0 atom stereocenters. The van der Waals surface area contributed by atoms with Gasteiger partial charge in [-0.1, -0.05) is 6.42 Å². The number of nitrogens with one attached hydrogen (secondary N) is 1. The predicted octanol–water partition coefficient (Wildman–Crippen LogP) is 1.06. The fourth-order valence-electron chi connectivity index (χ4n) is 2.08. The van der Waals surface area contributed by atoms with Gasteiger partial charge < -0.3 is 15.2 Å². The Morgan fingerprint density at radius 3 is 2.75 bits per heavy atom. The number of carbonyl (C=O) groups is 1. The lowest BCUT2D eigenvalue weighted by Crippen LogP contribution is -2.29. The summed E-state index contributed by atoms with van der Waals surface area (Å²) in [5.41, 5.74) is 2.15. The van der Waals surface area contributed by atoms with Crippen molar-refractivity contribution in [2.45, 2.75) is 39.7 Å². The van der Waals surface area contributed by atoms with Crippen molar-refractivity contribution in [2.24, 2.45) is 5.92 Å². The Morgan fingerprint density at radius 2 is 2.25 bits per heavy atom. The van der Waals surface area contributed by atoms with Gasteiger partial charge in [0.1, 0.15) is 6.09 Å². The maximum absolute atomic E-state index is 10.5. The minimum absolute atomic E-state index is 0.569. The van der Waals surface area contributed by atoms with Crippen molar-refractivity contribution in [3.8, 4) is 0 Å². The van der Waals surface area contributed by atoms with Crippen molar-refractivity contribution < 1.29 is 9.90 Å². The first-order chi connectivity index (χ1) is 7.58. The van der Waals surface area contributed by atoms with Crippen LogP contribution in [0, 0.1) is 19.8 Å². The minimum Gasteiger partial charge on any atom is -0.530 e. The van der Waals surface area contributed by atoms with E-state index >= 15 is 0 Å². The SMILES string of the molecule is Cc1nn(CC2CCC2)c(C)c1NC(=O)[O-]. The third-order valence-electron chi connectivity index (χ3n) is 3.26. The molecule has 1 fully saturated rings. The number of nitrogens with zero attached hydrogens (tertiary/aromatic N) is 2. The monoisotopic (exact) mass is 222 g/mol. The number of carbonyl (C=O) groups excluding carboxylic acids is 1.